The Morgan fingerprint density at radius 1 is 1.26 bits per heavy atom. The van der Waals surface area contributed by atoms with Crippen LogP contribution >= 0.6 is 15.9 Å². The minimum Gasteiger partial charge on any atom is -0.393 e. The summed E-state index contributed by atoms with van der Waals surface area (Å²) in [6.45, 7) is 0.296. The van der Waals surface area contributed by atoms with Crippen LogP contribution in [0.25, 0.3) is 0 Å². The molecule has 0 bridgehead atoms. The zero-order chi connectivity index (χ0) is 13.9. The van der Waals surface area contributed by atoms with E-state index in [4.69, 9.17) is 0 Å². The summed E-state index contributed by atoms with van der Waals surface area (Å²) in [7, 11) is -3.52. The smallest absolute Gasteiger partial charge is 0.241 e. The maximum atomic E-state index is 12.2. The van der Waals surface area contributed by atoms with Gasteiger partial charge in [0.1, 0.15) is 0 Å². The molecule has 0 radical (unpaired) electrons. The number of sulfonamides is 1. The van der Waals surface area contributed by atoms with Crippen LogP contribution in [0.2, 0.25) is 0 Å². The highest BCUT2D eigenvalue weighted by molar-refractivity contribution is 9.10. The normalized spacial score (nSPS) is 24.3. The Morgan fingerprint density at radius 3 is 2.63 bits per heavy atom. The van der Waals surface area contributed by atoms with Gasteiger partial charge in [0.05, 0.1) is 11.0 Å². The number of hydrogen-bond acceptors (Lipinski definition) is 3. The van der Waals surface area contributed by atoms with Crippen LogP contribution in [0.4, 0.5) is 0 Å². The van der Waals surface area contributed by atoms with E-state index in [9.17, 15) is 13.5 Å². The third-order valence-corrected chi connectivity index (χ3v) is 5.97. The van der Waals surface area contributed by atoms with Gasteiger partial charge in [-0.1, -0.05) is 25.0 Å². The first kappa shape index (κ1) is 15.0. The van der Waals surface area contributed by atoms with Crippen molar-refractivity contribution >= 4 is 26.0 Å². The van der Waals surface area contributed by atoms with Gasteiger partial charge in [0.15, 0.2) is 0 Å². The molecule has 1 saturated carbocycles. The zero-order valence-electron chi connectivity index (χ0n) is 10.5. The van der Waals surface area contributed by atoms with Crippen LogP contribution in [0.5, 0.6) is 0 Å². The Bertz CT molecular complexity index is 532. The Kier molecular flexibility index (Phi) is 5.00. The Hall–Kier alpha value is -0.430. The molecule has 19 heavy (non-hydrogen) atoms. The molecule has 4 nitrogen and oxygen atoms in total. The molecule has 106 valence electrons. The summed E-state index contributed by atoms with van der Waals surface area (Å²) in [5.41, 5.74) is 0. The molecule has 1 aliphatic carbocycles. The van der Waals surface area contributed by atoms with Crippen LogP contribution in [0.1, 0.15) is 25.7 Å². The molecule has 2 unspecified atom stereocenters. The van der Waals surface area contributed by atoms with Crippen molar-refractivity contribution in [1.82, 2.24) is 4.72 Å². The molecule has 0 spiro atoms. The number of halogens is 1. The van der Waals surface area contributed by atoms with Gasteiger partial charge in [0.25, 0.3) is 0 Å². The van der Waals surface area contributed by atoms with E-state index < -0.39 is 16.1 Å². The van der Waals surface area contributed by atoms with Gasteiger partial charge in [-0.3, -0.25) is 0 Å². The third kappa shape index (κ3) is 3.78. The molecule has 2 N–H and O–H groups in total. The predicted molar refractivity (Wildman–Crippen MR) is 77.3 cm³/mol. The van der Waals surface area contributed by atoms with Gasteiger partial charge in [0.2, 0.25) is 10.0 Å². The quantitative estimate of drug-likeness (QED) is 0.877. The maximum absolute atomic E-state index is 12.2. The first-order valence-electron chi connectivity index (χ1n) is 6.43. The second kappa shape index (κ2) is 6.35. The van der Waals surface area contributed by atoms with Crippen molar-refractivity contribution in [3.63, 3.8) is 0 Å². The van der Waals surface area contributed by atoms with Crippen LogP contribution in [0.3, 0.4) is 0 Å². The number of aliphatic hydroxyl groups excluding tert-OH is 1. The average molecular weight is 348 g/mol. The predicted octanol–water partition coefficient (Wildman–Crippen LogP) is 2.28. The fourth-order valence-corrected chi connectivity index (χ4v) is 4.48. The van der Waals surface area contributed by atoms with Crippen LogP contribution in [-0.2, 0) is 10.0 Å². The molecule has 2 atom stereocenters. The van der Waals surface area contributed by atoms with Crippen molar-refractivity contribution in [2.24, 2.45) is 5.92 Å². The Morgan fingerprint density at radius 2 is 1.95 bits per heavy atom. The molecule has 6 heteroatoms. The van der Waals surface area contributed by atoms with E-state index in [0.29, 0.717) is 11.0 Å². The highest BCUT2D eigenvalue weighted by Gasteiger charge is 2.25. The molecule has 0 aromatic heterocycles. The first-order valence-corrected chi connectivity index (χ1v) is 8.70. The summed E-state index contributed by atoms with van der Waals surface area (Å²) < 4.78 is 27.5. The summed E-state index contributed by atoms with van der Waals surface area (Å²) in [6.07, 6.45) is 3.32. The van der Waals surface area contributed by atoms with Crippen molar-refractivity contribution < 1.29 is 13.5 Å². The van der Waals surface area contributed by atoms with Crippen LogP contribution in [-0.4, -0.2) is 26.2 Å². The molecular formula is C13H18BrNO3S. The van der Waals surface area contributed by atoms with Crippen molar-refractivity contribution in [2.75, 3.05) is 6.54 Å². The van der Waals surface area contributed by atoms with Crippen molar-refractivity contribution in [3.05, 3.63) is 28.7 Å². The minimum atomic E-state index is -3.52. The van der Waals surface area contributed by atoms with Crippen LogP contribution in [0, 0.1) is 5.92 Å². The second-order valence-corrected chi connectivity index (χ2v) is 7.48. The van der Waals surface area contributed by atoms with E-state index in [1.807, 2.05) is 0 Å². The molecule has 1 aromatic carbocycles. The maximum Gasteiger partial charge on any atom is 0.241 e. The van der Waals surface area contributed by atoms with E-state index in [1.165, 1.54) is 0 Å². The minimum absolute atomic E-state index is 0.0195. The standard InChI is InChI=1S/C13H18BrNO3S/c14-11-6-2-4-8-13(11)19(17,18)15-9-10-5-1-3-7-12(10)16/h2,4,6,8,10,12,15-16H,1,3,5,7,9H2. The highest BCUT2D eigenvalue weighted by Crippen LogP contribution is 2.25. The van der Waals surface area contributed by atoms with Crippen LogP contribution in [0.15, 0.2) is 33.6 Å². The van der Waals surface area contributed by atoms with Gasteiger partial charge in [-0.05, 0) is 46.8 Å². The average Bonchev–Trinajstić information content (AvgIpc) is 2.38. The van der Waals surface area contributed by atoms with Gasteiger partial charge >= 0.3 is 0 Å². The lowest BCUT2D eigenvalue weighted by atomic mass is 9.87. The molecule has 1 fully saturated rings. The molecule has 2 rings (SSSR count). The topological polar surface area (TPSA) is 66.4 Å². The van der Waals surface area contributed by atoms with Crippen molar-refractivity contribution in [3.8, 4) is 0 Å². The first-order chi connectivity index (χ1) is 9.00. The monoisotopic (exact) mass is 347 g/mol. The lowest BCUT2D eigenvalue weighted by Gasteiger charge is -2.27. The van der Waals surface area contributed by atoms with Crippen molar-refractivity contribution in [2.45, 2.75) is 36.7 Å². The molecule has 0 saturated heterocycles. The number of aliphatic hydroxyl groups is 1. The lowest BCUT2D eigenvalue weighted by Crippen LogP contribution is -2.36. The molecule has 0 heterocycles. The largest absolute Gasteiger partial charge is 0.393 e. The van der Waals surface area contributed by atoms with E-state index in [2.05, 4.69) is 20.7 Å². The SMILES string of the molecule is O=S(=O)(NCC1CCCCC1O)c1ccccc1Br. The summed E-state index contributed by atoms with van der Waals surface area (Å²) in [5, 5.41) is 9.85. The Balaban J connectivity index is 2.04. The molecule has 1 aliphatic rings. The fraction of sp³-hybridized carbons (Fsp3) is 0.538. The van der Waals surface area contributed by atoms with E-state index >= 15 is 0 Å². The zero-order valence-corrected chi connectivity index (χ0v) is 13.0. The Labute approximate surface area is 122 Å². The second-order valence-electron chi connectivity index (χ2n) is 4.89. The lowest BCUT2D eigenvalue weighted by molar-refractivity contribution is 0.0724. The number of benzene rings is 1. The molecular weight excluding hydrogens is 330 g/mol. The van der Waals surface area contributed by atoms with Crippen molar-refractivity contribution in [1.29, 1.82) is 0 Å². The van der Waals surface area contributed by atoms with Gasteiger partial charge in [-0.15, -0.1) is 0 Å². The summed E-state index contributed by atoms with van der Waals surface area (Å²) >= 11 is 3.24. The summed E-state index contributed by atoms with van der Waals surface area (Å²) in [4.78, 5) is 0.236. The van der Waals surface area contributed by atoms with E-state index in [-0.39, 0.29) is 10.8 Å². The molecule has 0 aliphatic heterocycles. The summed E-state index contributed by atoms with van der Waals surface area (Å²) in [5.74, 6) is 0.0195. The molecule has 1 aromatic rings. The fourth-order valence-electron chi connectivity index (χ4n) is 2.38. The number of nitrogens with one attached hydrogen (secondary N) is 1. The van der Waals surface area contributed by atoms with Gasteiger partial charge in [-0.2, -0.15) is 0 Å². The number of hydrogen-bond donors (Lipinski definition) is 2. The highest BCUT2D eigenvalue weighted by atomic mass is 79.9. The summed E-state index contributed by atoms with van der Waals surface area (Å²) in [6, 6.07) is 6.72. The number of rotatable bonds is 4. The van der Waals surface area contributed by atoms with Crippen LogP contribution < -0.4 is 4.72 Å². The van der Waals surface area contributed by atoms with E-state index in [0.717, 1.165) is 25.7 Å². The van der Waals surface area contributed by atoms with Gasteiger partial charge in [-0.25, -0.2) is 13.1 Å². The van der Waals surface area contributed by atoms with Gasteiger partial charge < -0.3 is 5.11 Å². The van der Waals surface area contributed by atoms with E-state index in [1.54, 1.807) is 24.3 Å². The van der Waals surface area contributed by atoms with Gasteiger partial charge in [0, 0.05) is 11.0 Å². The molecule has 0 amide bonds. The third-order valence-electron chi connectivity index (χ3n) is 3.53.